The summed E-state index contributed by atoms with van der Waals surface area (Å²) in [6, 6.07) is 7.18. The number of aromatic nitrogens is 2. The number of methoxy groups -OCH3 is 1. The topological polar surface area (TPSA) is 93.5 Å². The van der Waals surface area contributed by atoms with Crippen LogP contribution >= 0.6 is 0 Å². The van der Waals surface area contributed by atoms with Crippen LogP contribution in [0.5, 0.6) is 0 Å². The largest absolute Gasteiger partial charge is 0.383 e. The Balaban J connectivity index is 1.56. The number of carbonyl (C=O) groups is 2. The zero-order valence-corrected chi connectivity index (χ0v) is 15.4. The van der Waals surface area contributed by atoms with Gasteiger partial charge in [-0.2, -0.15) is 5.10 Å². The Morgan fingerprint density at radius 2 is 2.00 bits per heavy atom. The lowest BCUT2D eigenvalue weighted by Gasteiger charge is -2.31. The molecule has 0 aliphatic carbocycles. The summed E-state index contributed by atoms with van der Waals surface area (Å²) in [5, 5.41) is 8.25. The van der Waals surface area contributed by atoms with Gasteiger partial charge in [0.1, 0.15) is 6.54 Å². The summed E-state index contributed by atoms with van der Waals surface area (Å²) in [5.41, 5.74) is -0.270. The zero-order valence-electron chi connectivity index (χ0n) is 15.4. The van der Waals surface area contributed by atoms with E-state index in [-0.39, 0.29) is 29.8 Å². The van der Waals surface area contributed by atoms with Gasteiger partial charge in [-0.15, -0.1) is 0 Å². The van der Waals surface area contributed by atoms with E-state index in [2.05, 4.69) is 10.4 Å². The third-order valence-corrected chi connectivity index (χ3v) is 4.87. The van der Waals surface area contributed by atoms with Crippen molar-refractivity contribution in [1.82, 2.24) is 20.0 Å². The first kappa shape index (κ1) is 19.0. The van der Waals surface area contributed by atoms with Gasteiger partial charge in [-0.1, -0.05) is 18.2 Å². The van der Waals surface area contributed by atoms with Crippen molar-refractivity contribution in [1.29, 1.82) is 0 Å². The quantitative estimate of drug-likeness (QED) is 0.741. The summed E-state index contributed by atoms with van der Waals surface area (Å²) in [5.74, 6) is -0.239. The minimum Gasteiger partial charge on any atom is -0.383 e. The average Bonchev–Trinajstić information content (AvgIpc) is 2.70. The third kappa shape index (κ3) is 4.51. The molecule has 1 saturated heterocycles. The van der Waals surface area contributed by atoms with Crippen molar-refractivity contribution in [2.24, 2.45) is 5.92 Å². The molecule has 1 aromatic carbocycles. The number of rotatable bonds is 6. The molecule has 1 aliphatic heterocycles. The van der Waals surface area contributed by atoms with E-state index in [4.69, 9.17) is 4.74 Å². The number of amides is 2. The highest BCUT2D eigenvalue weighted by Crippen LogP contribution is 2.17. The van der Waals surface area contributed by atoms with Crippen molar-refractivity contribution < 1.29 is 14.3 Å². The van der Waals surface area contributed by atoms with Crippen LogP contribution in [0, 0.1) is 5.92 Å². The van der Waals surface area contributed by atoms with Crippen LogP contribution in [0.4, 0.5) is 0 Å². The number of hydrogen-bond donors (Lipinski definition) is 1. The molecule has 8 heteroatoms. The van der Waals surface area contributed by atoms with E-state index in [1.807, 2.05) is 12.1 Å². The third-order valence-electron chi connectivity index (χ3n) is 4.87. The Bertz CT molecular complexity index is 871. The molecule has 0 spiro atoms. The highest BCUT2D eigenvalue weighted by molar-refractivity contribution is 5.82. The fourth-order valence-corrected chi connectivity index (χ4v) is 3.28. The lowest BCUT2D eigenvalue weighted by Crippen LogP contribution is -2.45. The number of benzene rings is 1. The molecule has 0 atom stereocenters. The van der Waals surface area contributed by atoms with Crippen LogP contribution in [0.15, 0.2) is 35.3 Å². The first-order valence-electron chi connectivity index (χ1n) is 9.09. The SMILES string of the molecule is COCCNC(=O)C1CCN(C(=O)Cn2ncc3ccccc3c2=O)CC1. The molecule has 2 amide bonds. The minimum absolute atomic E-state index is 0.00608. The Morgan fingerprint density at radius 1 is 1.26 bits per heavy atom. The highest BCUT2D eigenvalue weighted by atomic mass is 16.5. The molecule has 0 saturated carbocycles. The molecule has 144 valence electrons. The normalized spacial score (nSPS) is 15.1. The molecule has 27 heavy (non-hydrogen) atoms. The van der Waals surface area contributed by atoms with Gasteiger partial charge in [0.2, 0.25) is 11.8 Å². The van der Waals surface area contributed by atoms with E-state index >= 15 is 0 Å². The second kappa shape index (κ2) is 8.77. The molecule has 1 aliphatic rings. The maximum absolute atomic E-state index is 12.6. The van der Waals surface area contributed by atoms with E-state index < -0.39 is 0 Å². The number of likely N-dealkylation sites (tertiary alicyclic amines) is 1. The van der Waals surface area contributed by atoms with Crippen LogP contribution in [-0.4, -0.2) is 59.8 Å². The van der Waals surface area contributed by atoms with Crippen molar-refractivity contribution in [3.05, 3.63) is 40.8 Å². The van der Waals surface area contributed by atoms with Crippen molar-refractivity contribution in [3.63, 3.8) is 0 Å². The summed E-state index contributed by atoms with van der Waals surface area (Å²) in [6.45, 7) is 1.89. The van der Waals surface area contributed by atoms with Crippen LogP contribution in [-0.2, 0) is 20.9 Å². The molecule has 2 aromatic rings. The molecule has 1 fully saturated rings. The molecule has 0 unspecified atom stereocenters. The summed E-state index contributed by atoms with van der Waals surface area (Å²) in [7, 11) is 1.59. The monoisotopic (exact) mass is 372 g/mol. The van der Waals surface area contributed by atoms with Crippen molar-refractivity contribution >= 4 is 22.6 Å². The Labute approximate surface area is 157 Å². The average molecular weight is 372 g/mol. The number of piperidine rings is 1. The summed E-state index contributed by atoms with van der Waals surface area (Å²) in [6.07, 6.45) is 2.83. The van der Waals surface area contributed by atoms with Crippen molar-refractivity contribution in [2.45, 2.75) is 19.4 Å². The Morgan fingerprint density at radius 3 is 2.74 bits per heavy atom. The Kier molecular flexibility index (Phi) is 6.18. The van der Waals surface area contributed by atoms with Crippen molar-refractivity contribution in [2.75, 3.05) is 33.4 Å². The van der Waals surface area contributed by atoms with Gasteiger partial charge in [0.25, 0.3) is 5.56 Å². The number of ether oxygens (including phenoxy) is 1. The summed E-state index contributed by atoms with van der Waals surface area (Å²) in [4.78, 5) is 38.8. The molecule has 2 heterocycles. The van der Waals surface area contributed by atoms with Crippen LogP contribution in [0.1, 0.15) is 12.8 Å². The van der Waals surface area contributed by atoms with Gasteiger partial charge >= 0.3 is 0 Å². The maximum Gasteiger partial charge on any atom is 0.275 e. The molecular formula is C19H24N4O4. The fraction of sp³-hybridized carbons (Fsp3) is 0.474. The molecule has 1 aromatic heterocycles. The van der Waals surface area contributed by atoms with E-state index in [1.54, 1.807) is 30.3 Å². The maximum atomic E-state index is 12.6. The van der Waals surface area contributed by atoms with Crippen LogP contribution < -0.4 is 10.9 Å². The number of hydrogen-bond acceptors (Lipinski definition) is 5. The van der Waals surface area contributed by atoms with Gasteiger partial charge in [-0.05, 0) is 18.9 Å². The van der Waals surface area contributed by atoms with Crippen LogP contribution in [0.25, 0.3) is 10.8 Å². The van der Waals surface area contributed by atoms with Gasteiger partial charge in [0.05, 0.1) is 18.2 Å². The highest BCUT2D eigenvalue weighted by Gasteiger charge is 2.27. The first-order valence-corrected chi connectivity index (χ1v) is 9.09. The number of carbonyl (C=O) groups excluding carboxylic acids is 2. The van der Waals surface area contributed by atoms with E-state index in [1.165, 1.54) is 4.68 Å². The smallest absolute Gasteiger partial charge is 0.275 e. The zero-order chi connectivity index (χ0) is 19.2. The second-order valence-corrected chi connectivity index (χ2v) is 6.63. The number of nitrogens with zero attached hydrogens (tertiary/aromatic N) is 3. The lowest BCUT2D eigenvalue weighted by atomic mass is 9.96. The van der Waals surface area contributed by atoms with Crippen LogP contribution in [0.3, 0.4) is 0 Å². The van der Waals surface area contributed by atoms with E-state index in [9.17, 15) is 14.4 Å². The molecule has 8 nitrogen and oxygen atoms in total. The van der Waals surface area contributed by atoms with Gasteiger partial charge in [-0.3, -0.25) is 14.4 Å². The molecule has 3 rings (SSSR count). The molecule has 0 radical (unpaired) electrons. The Hall–Kier alpha value is -2.74. The molecule has 0 bridgehead atoms. The van der Waals surface area contributed by atoms with Gasteiger partial charge in [-0.25, -0.2) is 4.68 Å². The molecule has 1 N–H and O–H groups in total. The fourth-order valence-electron chi connectivity index (χ4n) is 3.28. The van der Waals surface area contributed by atoms with Crippen LogP contribution in [0.2, 0.25) is 0 Å². The van der Waals surface area contributed by atoms with E-state index in [0.29, 0.717) is 44.5 Å². The standard InChI is InChI=1S/C19H24N4O4/c1-27-11-8-20-18(25)14-6-9-22(10-7-14)17(24)13-23-19(26)16-5-3-2-4-15(16)12-21-23/h2-5,12,14H,6-11,13H2,1H3,(H,20,25). The summed E-state index contributed by atoms with van der Waals surface area (Å²) < 4.78 is 6.12. The van der Waals surface area contributed by atoms with Gasteiger partial charge in [0, 0.05) is 38.0 Å². The first-order chi connectivity index (χ1) is 13.1. The molecular weight excluding hydrogens is 348 g/mol. The predicted molar refractivity (Wildman–Crippen MR) is 100 cm³/mol. The van der Waals surface area contributed by atoms with E-state index in [0.717, 1.165) is 5.39 Å². The number of fused-ring (bicyclic) bond motifs is 1. The minimum atomic E-state index is -0.270. The summed E-state index contributed by atoms with van der Waals surface area (Å²) >= 11 is 0. The van der Waals surface area contributed by atoms with Crippen molar-refractivity contribution in [3.8, 4) is 0 Å². The second-order valence-electron chi connectivity index (χ2n) is 6.63. The van der Waals surface area contributed by atoms with Gasteiger partial charge in [0.15, 0.2) is 0 Å². The number of nitrogens with one attached hydrogen (secondary N) is 1. The van der Waals surface area contributed by atoms with Gasteiger partial charge < -0.3 is 15.0 Å². The predicted octanol–water partition coefficient (Wildman–Crippen LogP) is 0.398. The lowest BCUT2D eigenvalue weighted by molar-refractivity contribution is -0.136.